The number of rotatable bonds is 4. The van der Waals surface area contributed by atoms with Gasteiger partial charge >= 0.3 is 5.97 Å². The van der Waals surface area contributed by atoms with E-state index in [1.165, 1.54) is 0 Å². The lowest BCUT2D eigenvalue weighted by Gasteiger charge is -2.39. The molecule has 1 aromatic heterocycles. The van der Waals surface area contributed by atoms with Crippen molar-refractivity contribution in [2.45, 2.75) is 31.3 Å². The average molecular weight is 296 g/mol. The number of carboxylic acid groups (broad SMARTS) is 1. The fraction of sp³-hybridized carbons (Fsp3) is 0.333. The molecule has 2 atom stereocenters. The van der Waals surface area contributed by atoms with Crippen LogP contribution in [0.4, 0.5) is 0 Å². The van der Waals surface area contributed by atoms with Crippen molar-refractivity contribution in [3.63, 3.8) is 0 Å². The minimum atomic E-state index is -0.739. The highest BCUT2D eigenvalue weighted by atomic mass is 16.4. The van der Waals surface area contributed by atoms with E-state index in [0.717, 1.165) is 30.6 Å². The van der Waals surface area contributed by atoms with Crippen molar-refractivity contribution in [3.05, 3.63) is 66.0 Å². The quantitative estimate of drug-likeness (QED) is 0.942. The molecule has 3 rings (SSSR count). The highest BCUT2D eigenvalue weighted by Crippen LogP contribution is 2.33. The summed E-state index contributed by atoms with van der Waals surface area (Å²) in [6, 6.07) is 15.3. The van der Waals surface area contributed by atoms with Crippen LogP contribution in [-0.2, 0) is 4.79 Å². The first kappa shape index (κ1) is 14.7. The molecule has 1 aliphatic heterocycles. The first-order chi connectivity index (χ1) is 10.8. The zero-order valence-corrected chi connectivity index (χ0v) is 12.4. The molecule has 1 aliphatic rings. The molecule has 1 fully saturated rings. The number of benzene rings is 1. The normalized spacial score (nSPS) is 20.5. The van der Waals surface area contributed by atoms with E-state index in [0.29, 0.717) is 6.42 Å². The van der Waals surface area contributed by atoms with Crippen molar-refractivity contribution >= 4 is 5.97 Å². The van der Waals surface area contributed by atoms with Crippen LogP contribution in [0.3, 0.4) is 0 Å². The molecule has 4 heteroatoms. The van der Waals surface area contributed by atoms with E-state index < -0.39 is 12.0 Å². The number of piperidine rings is 1. The SMILES string of the molecule is O=C(O)C1CCCCN1C(c1ccccc1)c1ccccn1. The number of aromatic nitrogens is 1. The summed E-state index contributed by atoms with van der Waals surface area (Å²) in [5, 5.41) is 9.59. The van der Waals surface area contributed by atoms with Gasteiger partial charge in [0, 0.05) is 6.20 Å². The predicted molar refractivity (Wildman–Crippen MR) is 84.5 cm³/mol. The highest BCUT2D eigenvalue weighted by Gasteiger charge is 2.35. The maximum atomic E-state index is 11.7. The van der Waals surface area contributed by atoms with Crippen molar-refractivity contribution in [1.29, 1.82) is 0 Å². The third-order valence-electron chi connectivity index (χ3n) is 4.24. The van der Waals surface area contributed by atoms with Gasteiger partial charge in [-0.15, -0.1) is 0 Å². The van der Waals surface area contributed by atoms with E-state index in [-0.39, 0.29) is 6.04 Å². The summed E-state index contributed by atoms with van der Waals surface area (Å²) >= 11 is 0. The molecular weight excluding hydrogens is 276 g/mol. The molecule has 2 aromatic rings. The second-order valence-corrected chi connectivity index (χ2v) is 5.66. The van der Waals surface area contributed by atoms with E-state index >= 15 is 0 Å². The number of hydrogen-bond acceptors (Lipinski definition) is 3. The molecule has 4 nitrogen and oxygen atoms in total. The fourth-order valence-electron chi connectivity index (χ4n) is 3.23. The Balaban J connectivity index is 2.03. The Labute approximate surface area is 130 Å². The van der Waals surface area contributed by atoms with Gasteiger partial charge in [-0.1, -0.05) is 42.8 Å². The number of carbonyl (C=O) groups is 1. The van der Waals surface area contributed by atoms with E-state index in [9.17, 15) is 9.90 Å². The van der Waals surface area contributed by atoms with E-state index in [2.05, 4.69) is 9.88 Å². The van der Waals surface area contributed by atoms with Crippen LogP contribution in [0.5, 0.6) is 0 Å². The molecule has 0 aliphatic carbocycles. The van der Waals surface area contributed by atoms with E-state index in [1.54, 1.807) is 6.20 Å². The van der Waals surface area contributed by atoms with Crippen molar-refractivity contribution < 1.29 is 9.90 Å². The van der Waals surface area contributed by atoms with E-state index in [4.69, 9.17) is 0 Å². The van der Waals surface area contributed by atoms with Crippen LogP contribution in [0.15, 0.2) is 54.7 Å². The summed E-state index contributed by atoms with van der Waals surface area (Å²) in [6.07, 6.45) is 4.47. The molecule has 0 saturated carbocycles. The maximum absolute atomic E-state index is 11.7. The molecule has 0 spiro atoms. The van der Waals surface area contributed by atoms with Gasteiger partial charge in [-0.2, -0.15) is 0 Å². The summed E-state index contributed by atoms with van der Waals surface area (Å²) in [5.74, 6) is -0.739. The minimum absolute atomic E-state index is 0.108. The topological polar surface area (TPSA) is 53.4 Å². The molecular formula is C18H20N2O2. The van der Waals surface area contributed by atoms with Crippen molar-refractivity contribution in [2.24, 2.45) is 0 Å². The Kier molecular flexibility index (Phi) is 4.49. The summed E-state index contributed by atoms with van der Waals surface area (Å²) in [4.78, 5) is 18.2. The second kappa shape index (κ2) is 6.71. The first-order valence-electron chi connectivity index (χ1n) is 7.72. The standard InChI is InChI=1S/C18H20N2O2/c21-18(22)16-11-5-7-13-20(16)17(14-8-2-1-3-9-14)15-10-4-6-12-19-15/h1-4,6,8-10,12,16-17H,5,7,11,13H2,(H,21,22). The van der Waals surface area contributed by atoms with E-state index in [1.807, 2.05) is 48.5 Å². The van der Waals surface area contributed by atoms with Crippen LogP contribution in [0.1, 0.15) is 36.6 Å². The lowest BCUT2D eigenvalue weighted by atomic mass is 9.94. The number of carboxylic acids is 1. The van der Waals surface area contributed by atoms with Crippen molar-refractivity contribution in [2.75, 3.05) is 6.54 Å². The Bertz CT molecular complexity index is 576. The lowest BCUT2D eigenvalue weighted by Crippen LogP contribution is -2.47. The third-order valence-corrected chi connectivity index (χ3v) is 4.24. The molecule has 22 heavy (non-hydrogen) atoms. The molecule has 0 amide bonds. The van der Waals surface area contributed by atoms with Crippen LogP contribution in [0, 0.1) is 0 Å². The second-order valence-electron chi connectivity index (χ2n) is 5.66. The molecule has 1 saturated heterocycles. The number of hydrogen-bond donors (Lipinski definition) is 1. The Morgan fingerprint density at radius 1 is 1.14 bits per heavy atom. The van der Waals surface area contributed by atoms with Gasteiger partial charge in [-0.3, -0.25) is 14.7 Å². The molecule has 1 N–H and O–H groups in total. The minimum Gasteiger partial charge on any atom is -0.480 e. The van der Waals surface area contributed by atoms with Gasteiger partial charge in [0.05, 0.1) is 11.7 Å². The predicted octanol–water partition coefficient (Wildman–Crippen LogP) is 3.11. The Morgan fingerprint density at radius 3 is 2.59 bits per heavy atom. The summed E-state index contributed by atoms with van der Waals surface area (Å²) in [6.45, 7) is 0.785. The Hall–Kier alpha value is -2.20. The van der Waals surface area contributed by atoms with Gasteiger partial charge in [-0.25, -0.2) is 0 Å². The third kappa shape index (κ3) is 3.02. The molecule has 2 unspecified atom stereocenters. The van der Waals surface area contributed by atoms with Gasteiger partial charge in [0.15, 0.2) is 0 Å². The first-order valence-corrected chi connectivity index (χ1v) is 7.72. The Morgan fingerprint density at radius 2 is 1.91 bits per heavy atom. The van der Waals surface area contributed by atoms with Crippen LogP contribution in [0.25, 0.3) is 0 Å². The highest BCUT2D eigenvalue weighted by molar-refractivity contribution is 5.73. The van der Waals surface area contributed by atoms with Gasteiger partial charge in [0.2, 0.25) is 0 Å². The zero-order chi connectivity index (χ0) is 15.4. The molecule has 0 radical (unpaired) electrons. The van der Waals surface area contributed by atoms with Gasteiger partial charge in [0.25, 0.3) is 0 Å². The molecule has 114 valence electrons. The molecule has 2 heterocycles. The zero-order valence-electron chi connectivity index (χ0n) is 12.4. The molecule has 1 aromatic carbocycles. The number of aliphatic carboxylic acids is 1. The van der Waals surface area contributed by atoms with Crippen molar-refractivity contribution in [1.82, 2.24) is 9.88 Å². The van der Waals surface area contributed by atoms with Crippen molar-refractivity contribution in [3.8, 4) is 0 Å². The number of nitrogens with zero attached hydrogens (tertiary/aromatic N) is 2. The average Bonchev–Trinajstić information content (AvgIpc) is 2.57. The van der Waals surface area contributed by atoms with Crippen LogP contribution < -0.4 is 0 Å². The summed E-state index contributed by atoms with van der Waals surface area (Å²) < 4.78 is 0. The van der Waals surface area contributed by atoms with Crippen LogP contribution in [0.2, 0.25) is 0 Å². The fourth-order valence-corrected chi connectivity index (χ4v) is 3.23. The van der Waals surface area contributed by atoms with Gasteiger partial charge < -0.3 is 5.11 Å². The summed E-state index contributed by atoms with van der Waals surface area (Å²) in [7, 11) is 0. The van der Waals surface area contributed by atoms with Gasteiger partial charge in [-0.05, 0) is 37.1 Å². The molecule has 0 bridgehead atoms. The monoisotopic (exact) mass is 296 g/mol. The number of pyridine rings is 1. The van der Waals surface area contributed by atoms with Crippen LogP contribution in [-0.4, -0.2) is 33.5 Å². The largest absolute Gasteiger partial charge is 0.480 e. The number of likely N-dealkylation sites (tertiary alicyclic amines) is 1. The van der Waals surface area contributed by atoms with Gasteiger partial charge in [0.1, 0.15) is 6.04 Å². The van der Waals surface area contributed by atoms with Crippen LogP contribution >= 0.6 is 0 Å². The lowest BCUT2D eigenvalue weighted by molar-refractivity contribution is -0.145. The maximum Gasteiger partial charge on any atom is 0.320 e. The summed E-state index contributed by atoms with van der Waals surface area (Å²) in [5.41, 5.74) is 2.00. The smallest absolute Gasteiger partial charge is 0.320 e.